The number of amides is 1. The molecule has 3 N–H and O–H groups in total. The molecule has 24 heavy (non-hydrogen) atoms. The predicted octanol–water partition coefficient (Wildman–Crippen LogP) is 3.26. The van der Waals surface area contributed by atoms with E-state index in [0.717, 1.165) is 12.1 Å². The molecule has 0 atom stereocenters. The van der Waals surface area contributed by atoms with Crippen LogP contribution < -0.4 is 10.5 Å². The molecule has 1 amide bonds. The molecule has 2 rings (SSSR count). The number of rotatable bonds is 4. The van der Waals surface area contributed by atoms with Crippen LogP contribution in [0.4, 0.5) is 18.9 Å². The van der Waals surface area contributed by atoms with Crippen LogP contribution in [-0.2, 0) is 16.2 Å². The summed E-state index contributed by atoms with van der Waals surface area (Å²) in [5, 5.41) is -0.374. The van der Waals surface area contributed by atoms with E-state index in [9.17, 15) is 26.4 Å². The molecule has 0 saturated heterocycles. The first-order chi connectivity index (χ1) is 11.0. The number of primary amides is 1. The number of benzene rings is 2. The van der Waals surface area contributed by atoms with Gasteiger partial charge in [-0.15, -0.1) is 0 Å². The second-order valence-corrected chi connectivity index (χ2v) is 6.75. The van der Waals surface area contributed by atoms with Crippen LogP contribution in [0.5, 0.6) is 0 Å². The van der Waals surface area contributed by atoms with E-state index in [2.05, 4.69) is 4.72 Å². The SMILES string of the molecule is NC(=O)c1cccc(NS(=O)(=O)c2cc(C(F)(F)F)ccc2Cl)c1. The van der Waals surface area contributed by atoms with Crippen LogP contribution in [0.25, 0.3) is 0 Å². The molecule has 10 heteroatoms. The maximum absolute atomic E-state index is 12.7. The summed E-state index contributed by atoms with van der Waals surface area (Å²) in [6.45, 7) is 0. The first-order valence-corrected chi connectivity index (χ1v) is 8.16. The molecule has 2 aromatic carbocycles. The Morgan fingerprint density at radius 2 is 1.79 bits per heavy atom. The van der Waals surface area contributed by atoms with Crippen molar-refractivity contribution in [3.05, 3.63) is 58.6 Å². The Hall–Kier alpha value is -2.26. The van der Waals surface area contributed by atoms with Gasteiger partial charge in [-0.1, -0.05) is 17.7 Å². The van der Waals surface area contributed by atoms with Crippen LogP contribution in [0, 0.1) is 0 Å². The van der Waals surface area contributed by atoms with Gasteiger partial charge in [-0.3, -0.25) is 9.52 Å². The van der Waals surface area contributed by atoms with Gasteiger partial charge in [0.25, 0.3) is 10.0 Å². The highest BCUT2D eigenvalue weighted by Gasteiger charge is 2.32. The van der Waals surface area contributed by atoms with E-state index in [-0.39, 0.29) is 16.3 Å². The number of hydrogen-bond acceptors (Lipinski definition) is 3. The second kappa shape index (κ2) is 6.33. The van der Waals surface area contributed by atoms with Crippen LogP contribution >= 0.6 is 11.6 Å². The molecule has 0 fully saturated rings. The van der Waals surface area contributed by atoms with Crippen molar-refractivity contribution in [1.29, 1.82) is 0 Å². The van der Waals surface area contributed by atoms with Crippen molar-refractivity contribution in [2.45, 2.75) is 11.1 Å². The second-order valence-electron chi connectivity index (χ2n) is 4.69. The minimum Gasteiger partial charge on any atom is -0.366 e. The molecule has 0 saturated carbocycles. The average Bonchev–Trinajstić information content (AvgIpc) is 2.46. The number of alkyl halides is 3. The molecule has 0 radical (unpaired) electrons. The smallest absolute Gasteiger partial charge is 0.366 e. The summed E-state index contributed by atoms with van der Waals surface area (Å²) >= 11 is 5.72. The summed E-state index contributed by atoms with van der Waals surface area (Å²) in [6, 6.07) is 7.15. The van der Waals surface area contributed by atoms with Gasteiger partial charge < -0.3 is 5.73 Å². The molecular formula is C14H10ClF3N2O3S. The first-order valence-electron chi connectivity index (χ1n) is 6.30. The summed E-state index contributed by atoms with van der Waals surface area (Å²) in [6.07, 6.45) is -4.72. The zero-order valence-electron chi connectivity index (χ0n) is 11.8. The van der Waals surface area contributed by atoms with Gasteiger partial charge in [0.1, 0.15) is 4.90 Å². The first kappa shape index (κ1) is 18.1. The molecule has 0 aliphatic rings. The van der Waals surface area contributed by atoms with Gasteiger partial charge in [0, 0.05) is 11.3 Å². The lowest BCUT2D eigenvalue weighted by Gasteiger charge is -2.13. The normalized spacial score (nSPS) is 12.0. The quantitative estimate of drug-likeness (QED) is 0.855. The lowest BCUT2D eigenvalue weighted by molar-refractivity contribution is -0.137. The number of nitrogens with one attached hydrogen (secondary N) is 1. The zero-order chi connectivity index (χ0) is 18.1. The molecule has 0 aromatic heterocycles. The third-order valence-electron chi connectivity index (χ3n) is 2.95. The molecule has 0 bridgehead atoms. The Balaban J connectivity index is 2.44. The molecule has 0 aliphatic carbocycles. The number of carbonyl (C=O) groups is 1. The number of nitrogens with two attached hydrogens (primary N) is 1. The predicted molar refractivity (Wildman–Crippen MR) is 82.2 cm³/mol. The molecule has 5 nitrogen and oxygen atoms in total. The number of hydrogen-bond donors (Lipinski definition) is 2. The van der Waals surface area contributed by atoms with Crippen LogP contribution in [-0.4, -0.2) is 14.3 Å². The molecule has 0 heterocycles. The molecule has 0 aliphatic heterocycles. The van der Waals surface area contributed by atoms with Gasteiger partial charge in [-0.2, -0.15) is 13.2 Å². The lowest BCUT2D eigenvalue weighted by atomic mass is 10.2. The van der Waals surface area contributed by atoms with Crippen molar-refractivity contribution in [3.63, 3.8) is 0 Å². The van der Waals surface area contributed by atoms with Gasteiger partial charge in [0.2, 0.25) is 5.91 Å². The summed E-state index contributed by atoms with van der Waals surface area (Å²) in [5.41, 5.74) is 3.92. The van der Waals surface area contributed by atoms with Crippen molar-refractivity contribution < 1.29 is 26.4 Å². The fraction of sp³-hybridized carbons (Fsp3) is 0.0714. The summed E-state index contributed by atoms with van der Waals surface area (Å²) in [7, 11) is -4.40. The summed E-state index contributed by atoms with van der Waals surface area (Å²) in [5.74, 6) is -0.784. The topological polar surface area (TPSA) is 89.3 Å². The molecular weight excluding hydrogens is 369 g/mol. The lowest BCUT2D eigenvalue weighted by Crippen LogP contribution is -2.16. The zero-order valence-corrected chi connectivity index (χ0v) is 13.3. The highest BCUT2D eigenvalue weighted by molar-refractivity contribution is 7.92. The summed E-state index contributed by atoms with van der Waals surface area (Å²) < 4.78 is 64.9. The number of halogens is 4. The van der Waals surface area contributed by atoms with E-state index in [1.54, 1.807) is 0 Å². The fourth-order valence-corrected chi connectivity index (χ4v) is 3.41. The van der Waals surface area contributed by atoms with Crippen molar-refractivity contribution >= 4 is 33.2 Å². The maximum atomic E-state index is 12.7. The van der Waals surface area contributed by atoms with Gasteiger partial charge in [0.15, 0.2) is 0 Å². The Labute approximate surface area is 140 Å². The monoisotopic (exact) mass is 378 g/mol. The largest absolute Gasteiger partial charge is 0.416 e. The van der Waals surface area contributed by atoms with Gasteiger partial charge in [-0.25, -0.2) is 8.42 Å². The van der Waals surface area contributed by atoms with E-state index >= 15 is 0 Å². The average molecular weight is 379 g/mol. The molecule has 128 valence electrons. The van der Waals surface area contributed by atoms with Gasteiger partial charge in [0.05, 0.1) is 10.6 Å². The van der Waals surface area contributed by atoms with E-state index in [4.69, 9.17) is 17.3 Å². The van der Waals surface area contributed by atoms with Crippen molar-refractivity contribution in [2.75, 3.05) is 4.72 Å². The number of anilines is 1. The van der Waals surface area contributed by atoms with E-state index < -0.39 is 32.6 Å². The van der Waals surface area contributed by atoms with E-state index in [0.29, 0.717) is 12.1 Å². The maximum Gasteiger partial charge on any atom is 0.416 e. The Morgan fingerprint density at radius 3 is 2.38 bits per heavy atom. The minimum atomic E-state index is -4.72. The molecule has 0 spiro atoms. The summed E-state index contributed by atoms with van der Waals surface area (Å²) in [4.78, 5) is 10.4. The Morgan fingerprint density at radius 1 is 1.12 bits per heavy atom. The van der Waals surface area contributed by atoms with Crippen molar-refractivity contribution in [3.8, 4) is 0 Å². The van der Waals surface area contributed by atoms with Crippen molar-refractivity contribution in [2.24, 2.45) is 5.73 Å². The fourth-order valence-electron chi connectivity index (χ4n) is 1.83. The number of sulfonamides is 1. The number of carbonyl (C=O) groups excluding carboxylic acids is 1. The van der Waals surface area contributed by atoms with Gasteiger partial charge >= 0.3 is 6.18 Å². The Kier molecular flexibility index (Phi) is 4.77. The third kappa shape index (κ3) is 3.98. The highest BCUT2D eigenvalue weighted by atomic mass is 35.5. The van der Waals surface area contributed by atoms with Crippen LogP contribution in [0.2, 0.25) is 5.02 Å². The van der Waals surface area contributed by atoms with Crippen LogP contribution in [0.15, 0.2) is 47.4 Å². The van der Waals surface area contributed by atoms with E-state index in [1.165, 1.54) is 18.2 Å². The van der Waals surface area contributed by atoms with Crippen molar-refractivity contribution in [1.82, 2.24) is 0 Å². The molecule has 0 unspecified atom stereocenters. The standard InChI is InChI=1S/C14H10ClF3N2O3S/c15-11-5-4-9(14(16,17)18)7-12(11)24(22,23)20-10-3-1-2-8(6-10)13(19)21/h1-7,20H,(H2,19,21). The van der Waals surface area contributed by atoms with Gasteiger partial charge in [-0.05, 0) is 36.4 Å². The highest BCUT2D eigenvalue weighted by Crippen LogP contribution is 2.34. The Bertz CT molecular complexity index is 898. The van der Waals surface area contributed by atoms with Crippen LogP contribution in [0.3, 0.4) is 0 Å². The molecule has 2 aromatic rings. The minimum absolute atomic E-state index is 0.0327. The third-order valence-corrected chi connectivity index (χ3v) is 4.81. The van der Waals surface area contributed by atoms with Crippen LogP contribution in [0.1, 0.15) is 15.9 Å². The van der Waals surface area contributed by atoms with E-state index in [1.807, 2.05) is 0 Å².